The van der Waals surface area contributed by atoms with Gasteiger partial charge in [0.2, 0.25) is 0 Å². The largest absolute Gasteiger partial charge is 0.497 e. The van der Waals surface area contributed by atoms with Gasteiger partial charge in [-0.05, 0) is 18.1 Å². The van der Waals surface area contributed by atoms with Crippen LogP contribution in [0.1, 0.15) is 18.1 Å². The smallest absolute Gasteiger partial charge is 0.333 e. The normalized spacial score (nSPS) is 9.47. The maximum absolute atomic E-state index is 11.2. The molecule has 1 rings (SSSR count). The molecule has 90 valence electrons. The van der Waals surface area contributed by atoms with Gasteiger partial charge < -0.3 is 9.47 Å². The van der Waals surface area contributed by atoms with E-state index < -0.39 is 0 Å². The summed E-state index contributed by atoms with van der Waals surface area (Å²) in [5, 5.41) is 0. The topological polar surface area (TPSA) is 35.5 Å². The van der Waals surface area contributed by atoms with Crippen LogP contribution in [-0.2, 0) is 27.5 Å². The molecule has 0 aliphatic heterocycles. The van der Waals surface area contributed by atoms with Gasteiger partial charge in [-0.2, -0.15) is 0 Å². The Kier molecular flexibility index (Phi) is 5.01. The molecular weight excluding hydrogens is 216 g/mol. The van der Waals surface area contributed by atoms with Gasteiger partial charge >= 0.3 is 5.97 Å². The van der Waals surface area contributed by atoms with Crippen LogP contribution in [0.3, 0.4) is 0 Å². The lowest BCUT2D eigenvalue weighted by Gasteiger charge is -2.05. The Morgan fingerprint density at radius 2 is 1.76 bits per heavy atom. The molecule has 17 heavy (non-hydrogen) atoms. The molecule has 0 fully saturated rings. The number of rotatable bonds is 6. The van der Waals surface area contributed by atoms with E-state index in [0.717, 1.165) is 11.1 Å². The van der Waals surface area contributed by atoms with E-state index in [2.05, 4.69) is 13.2 Å². The van der Waals surface area contributed by atoms with Crippen LogP contribution >= 0.6 is 0 Å². The quantitative estimate of drug-likeness (QED) is 0.429. The van der Waals surface area contributed by atoms with Crippen molar-refractivity contribution in [2.45, 2.75) is 20.1 Å². The molecule has 0 saturated heterocycles. The summed E-state index contributed by atoms with van der Waals surface area (Å²) >= 11 is 0. The molecule has 0 bridgehead atoms. The molecule has 0 atom stereocenters. The van der Waals surface area contributed by atoms with Gasteiger partial charge in [-0.25, -0.2) is 4.79 Å². The molecule has 0 saturated carbocycles. The second kappa shape index (κ2) is 6.53. The van der Waals surface area contributed by atoms with Crippen molar-refractivity contribution in [1.29, 1.82) is 0 Å². The minimum Gasteiger partial charge on any atom is -0.497 e. The summed E-state index contributed by atoms with van der Waals surface area (Å²) in [6.07, 6.45) is 1.41. The van der Waals surface area contributed by atoms with Gasteiger partial charge in [0, 0.05) is 5.57 Å². The minimum absolute atomic E-state index is 0.258. The van der Waals surface area contributed by atoms with Gasteiger partial charge in [0.25, 0.3) is 0 Å². The Morgan fingerprint density at radius 1 is 1.24 bits per heavy atom. The zero-order valence-electron chi connectivity index (χ0n) is 9.94. The van der Waals surface area contributed by atoms with E-state index in [0.29, 0.717) is 12.2 Å². The Balaban J connectivity index is 2.48. The number of benzene rings is 1. The highest BCUT2D eigenvalue weighted by atomic mass is 16.5. The van der Waals surface area contributed by atoms with Crippen molar-refractivity contribution in [3.05, 3.63) is 60.4 Å². The van der Waals surface area contributed by atoms with Gasteiger partial charge in [0.15, 0.2) is 0 Å². The molecule has 1 aromatic rings. The first kappa shape index (κ1) is 13.0. The van der Waals surface area contributed by atoms with Crippen molar-refractivity contribution in [3.63, 3.8) is 0 Å². The fraction of sp³-hybridized carbons (Fsp3) is 0.214. The molecular formula is C14H16O3. The third-order valence-corrected chi connectivity index (χ3v) is 2.11. The first-order chi connectivity index (χ1) is 8.13. The van der Waals surface area contributed by atoms with Crippen molar-refractivity contribution < 1.29 is 14.3 Å². The number of hydrogen-bond donors (Lipinski definition) is 0. The Hall–Kier alpha value is -2.03. The number of esters is 1. The molecule has 3 nitrogen and oxygen atoms in total. The maximum atomic E-state index is 11.2. The van der Waals surface area contributed by atoms with Crippen LogP contribution < -0.4 is 0 Å². The number of carbonyl (C=O) groups excluding carboxylic acids is 1. The van der Waals surface area contributed by atoms with E-state index in [-0.39, 0.29) is 12.6 Å². The van der Waals surface area contributed by atoms with E-state index in [9.17, 15) is 4.79 Å². The first-order valence-corrected chi connectivity index (χ1v) is 5.26. The zero-order chi connectivity index (χ0) is 12.7. The highest BCUT2D eigenvalue weighted by molar-refractivity contribution is 5.86. The lowest BCUT2D eigenvalue weighted by Crippen LogP contribution is -2.04. The van der Waals surface area contributed by atoms with Gasteiger partial charge in [0.1, 0.15) is 13.2 Å². The molecule has 0 aromatic heterocycles. The zero-order valence-corrected chi connectivity index (χ0v) is 9.94. The maximum Gasteiger partial charge on any atom is 0.333 e. The average Bonchev–Trinajstić information content (AvgIpc) is 2.34. The lowest BCUT2D eigenvalue weighted by molar-refractivity contribution is -0.140. The fourth-order valence-corrected chi connectivity index (χ4v) is 1.16. The molecule has 0 unspecified atom stereocenters. The molecule has 0 radical (unpaired) electrons. The highest BCUT2D eigenvalue weighted by Crippen LogP contribution is 2.08. The number of hydrogen-bond acceptors (Lipinski definition) is 3. The Labute approximate surface area is 101 Å². The highest BCUT2D eigenvalue weighted by Gasteiger charge is 2.03. The van der Waals surface area contributed by atoms with Gasteiger partial charge in [0.05, 0.1) is 6.26 Å². The van der Waals surface area contributed by atoms with Crippen molar-refractivity contribution >= 4 is 5.97 Å². The summed E-state index contributed by atoms with van der Waals surface area (Å²) in [7, 11) is 0. The van der Waals surface area contributed by atoms with E-state index in [1.54, 1.807) is 6.92 Å². The summed E-state index contributed by atoms with van der Waals surface area (Å²) in [5.41, 5.74) is 2.38. The lowest BCUT2D eigenvalue weighted by atomic mass is 10.1. The fourth-order valence-electron chi connectivity index (χ4n) is 1.16. The summed E-state index contributed by atoms with van der Waals surface area (Å²) in [5.74, 6) is -0.371. The van der Waals surface area contributed by atoms with Crippen LogP contribution in [-0.4, -0.2) is 5.97 Å². The second-order valence-corrected chi connectivity index (χ2v) is 3.65. The van der Waals surface area contributed by atoms with E-state index in [1.807, 2.05) is 24.3 Å². The molecule has 0 N–H and O–H groups in total. The molecule has 0 heterocycles. The molecule has 0 spiro atoms. The summed E-state index contributed by atoms with van der Waals surface area (Å²) < 4.78 is 10.1. The van der Waals surface area contributed by atoms with Crippen molar-refractivity contribution in [2.24, 2.45) is 0 Å². The van der Waals surface area contributed by atoms with Gasteiger partial charge in [-0.15, -0.1) is 0 Å². The molecule has 0 aliphatic rings. The molecule has 0 aliphatic carbocycles. The molecule has 0 amide bonds. The van der Waals surface area contributed by atoms with Crippen LogP contribution in [0.15, 0.2) is 49.3 Å². The van der Waals surface area contributed by atoms with Gasteiger partial charge in [-0.3, -0.25) is 0 Å². The van der Waals surface area contributed by atoms with Crippen LogP contribution in [0, 0.1) is 0 Å². The first-order valence-electron chi connectivity index (χ1n) is 5.26. The van der Waals surface area contributed by atoms with E-state index >= 15 is 0 Å². The SMILES string of the molecule is C=COCc1ccc(COC(=O)C(=C)C)cc1. The summed E-state index contributed by atoms with van der Waals surface area (Å²) in [6, 6.07) is 7.64. The van der Waals surface area contributed by atoms with Gasteiger partial charge in [-0.1, -0.05) is 37.4 Å². The van der Waals surface area contributed by atoms with E-state index in [4.69, 9.17) is 9.47 Å². The van der Waals surface area contributed by atoms with Crippen LogP contribution in [0.4, 0.5) is 0 Å². The molecule has 3 heteroatoms. The Bertz CT molecular complexity index is 404. The van der Waals surface area contributed by atoms with Crippen LogP contribution in [0.5, 0.6) is 0 Å². The average molecular weight is 232 g/mol. The third kappa shape index (κ3) is 4.55. The predicted molar refractivity (Wildman–Crippen MR) is 66.0 cm³/mol. The monoisotopic (exact) mass is 232 g/mol. The van der Waals surface area contributed by atoms with E-state index in [1.165, 1.54) is 6.26 Å². The summed E-state index contributed by atoms with van der Waals surface area (Å²) in [6.45, 7) is 9.36. The van der Waals surface area contributed by atoms with Crippen molar-refractivity contribution in [3.8, 4) is 0 Å². The number of carbonyl (C=O) groups is 1. The minimum atomic E-state index is -0.371. The standard InChI is InChI=1S/C14H16O3/c1-4-16-9-12-5-7-13(8-6-12)10-17-14(15)11(2)3/h4-8H,1-2,9-10H2,3H3. The van der Waals surface area contributed by atoms with Crippen LogP contribution in [0.25, 0.3) is 0 Å². The van der Waals surface area contributed by atoms with Crippen molar-refractivity contribution in [2.75, 3.05) is 0 Å². The molecule has 1 aromatic carbocycles. The number of ether oxygens (including phenoxy) is 2. The van der Waals surface area contributed by atoms with Crippen LogP contribution in [0.2, 0.25) is 0 Å². The Morgan fingerprint density at radius 3 is 2.24 bits per heavy atom. The third-order valence-electron chi connectivity index (χ3n) is 2.11. The second-order valence-electron chi connectivity index (χ2n) is 3.65. The van der Waals surface area contributed by atoms with Crippen molar-refractivity contribution in [1.82, 2.24) is 0 Å². The summed E-state index contributed by atoms with van der Waals surface area (Å²) in [4.78, 5) is 11.2. The predicted octanol–water partition coefficient (Wildman–Crippen LogP) is 2.97.